The van der Waals surface area contributed by atoms with Gasteiger partial charge in [-0.3, -0.25) is 9.69 Å². The van der Waals surface area contributed by atoms with Crippen LogP contribution in [0, 0.1) is 0 Å². The van der Waals surface area contributed by atoms with Crippen molar-refractivity contribution in [2.75, 3.05) is 72.4 Å². The Balaban J connectivity index is 1.96. The summed E-state index contributed by atoms with van der Waals surface area (Å²) >= 11 is 0. The molecule has 0 aliphatic carbocycles. The van der Waals surface area contributed by atoms with Crippen LogP contribution in [0.2, 0.25) is 0 Å². The first-order chi connectivity index (χ1) is 10.6. The summed E-state index contributed by atoms with van der Waals surface area (Å²) in [5.74, 6) is 0.0645. The second-order valence-corrected chi connectivity index (χ2v) is 5.58. The molecule has 1 rings (SSSR count). The molecule has 1 heterocycles. The van der Waals surface area contributed by atoms with Gasteiger partial charge < -0.3 is 24.8 Å². The molecule has 0 unspecified atom stereocenters. The van der Waals surface area contributed by atoms with Crippen molar-refractivity contribution in [3.63, 3.8) is 0 Å². The van der Waals surface area contributed by atoms with E-state index in [0.29, 0.717) is 45.6 Å². The van der Waals surface area contributed by atoms with Crippen LogP contribution in [0.1, 0.15) is 13.8 Å². The second kappa shape index (κ2) is 11.8. The van der Waals surface area contributed by atoms with Crippen molar-refractivity contribution in [3.05, 3.63) is 0 Å². The zero-order valence-electron chi connectivity index (χ0n) is 14.0. The van der Waals surface area contributed by atoms with Crippen molar-refractivity contribution in [2.24, 2.45) is 5.73 Å². The highest BCUT2D eigenvalue weighted by Gasteiger charge is 2.22. The average Bonchev–Trinajstić information content (AvgIpc) is 2.53. The van der Waals surface area contributed by atoms with Crippen LogP contribution in [0.3, 0.4) is 0 Å². The molecule has 1 aliphatic heterocycles. The first-order valence-corrected chi connectivity index (χ1v) is 8.10. The summed E-state index contributed by atoms with van der Waals surface area (Å²) in [6.45, 7) is 11.0. The van der Waals surface area contributed by atoms with E-state index in [1.807, 2.05) is 4.90 Å². The van der Waals surface area contributed by atoms with Gasteiger partial charge in [-0.1, -0.05) is 0 Å². The standard InChI is InChI=1S/C15H31N3O4/c1-14(2)17-4-6-18(7-5-17)15(19)13-22-12-11-21-10-9-20-8-3-16/h14H,3-13,16H2,1-2H3. The quantitative estimate of drug-likeness (QED) is 0.520. The maximum absolute atomic E-state index is 12.0. The van der Waals surface area contributed by atoms with Gasteiger partial charge in [0.15, 0.2) is 0 Å². The van der Waals surface area contributed by atoms with E-state index in [-0.39, 0.29) is 12.5 Å². The molecule has 0 aromatic carbocycles. The number of carbonyl (C=O) groups is 1. The van der Waals surface area contributed by atoms with Crippen LogP contribution in [0.5, 0.6) is 0 Å². The zero-order chi connectivity index (χ0) is 16.2. The normalized spacial score (nSPS) is 16.5. The summed E-state index contributed by atoms with van der Waals surface area (Å²) in [5, 5.41) is 0. The number of nitrogens with zero attached hydrogens (tertiary/aromatic N) is 2. The van der Waals surface area contributed by atoms with Crippen LogP contribution in [-0.2, 0) is 19.0 Å². The van der Waals surface area contributed by atoms with Crippen LogP contribution in [-0.4, -0.2) is 94.1 Å². The minimum atomic E-state index is 0.0645. The molecule has 130 valence electrons. The van der Waals surface area contributed by atoms with E-state index < -0.39 is 0 Å². The fourth-order valence-corrected chi connectivity index (χ4v) is 2.26. The topological polar surface area (TPSA) is 77.3 Å². The Hall–Kier alpha value is -0.730. The lowest BCUT2D eigenvalue weighted by atomic mass is 10.2. The number of nitrogens with two attached hydrogens (primary N) is 1. The summed E-state index contributed by atoms with van der Waals surface area (Å²) in [7, 11) is 0. The van der Waals surface area contributed by atoms with E-state index in [1.54, 1.807) is 0 Å². The van der Waals surface area contributed by atoms with Gasteiger partial charge in [-0.15, -0.1) is 0 Å². The minimum Gasteiger partial charge on any atom is -0.378 e. The van der Waals surface area contributed by atoms with Gasteiger partial charge in [0.2, 0.25) is 5.91 Å². The minimum absolute atomic E-state index is 0.0645. The Kier molecular flexibility index (Phi) is 10.3. The van der Waals surface area contributed by atoms with Gasteiger partial charge in [0.25, 0.3) is 0 Å². The molecular formula is C15H31N3O4. The van der Waals surface area contributed by atoms with Gasteiger partial charge in [-0.25, -0.2) is 0 Å². The fourth-order valence-electron chi connectivity index (χ4n) is 2.26. The lowest BCUT2D eigenvalue weighted by Crippen LogP contribution is -2.51. The van der Waals surface area contributed by atoms with Gasteiger partial charge in [0.1, 0.15) is 6.61 Å². The smallest absolute Gasteiger partial charge is 0.248 e. The molecule has 0 atom stereocenters. The van der Waals surface area contributed by atoms with Crippen molar-refractivity contribution in [1.29, 1.82) is 0 Å². The zero-order valence-corrected chi connectivity index (χ0v) is 14.0. The molecule has 0 aromatic heterocycles. The van der Waals surface area contributed by atoms with Crippen LogP contribution in [0.25, 0.3) is 0 Å². The van der Waals surface area contributed by atoms with Crippen LogP contribution >= 0.6 is 0 Å². The number of hydrogen-bond donors (Lipinski definition) is 1. The van der Waals surface area contributed by atoms with E-state index in [9.17, 15) is 4.79 Å². The largest absolute Gasteiger partial charge is 0.378 e. The van der Waals surface area contributed by atoms with E-state index >= 15 is 0 Å². The Labute approximate surface area is 133 Å². The third-order valence-electron chi connectivity index (χ3n) is 3.63. The van der Waals surface area contributed by atoms with Gasteiger partial charge >= 0.3 is 0 Å². The molecule has 0 spiro atoms. The van der Waals surface area contributed by atoms with Crippen LogP contribution < -0.4 is 5.73 Å². The SMILES string of the molecule is CC(C)N1CCN(C(=O)COCCOCCOCCN)CC1. The maximum Gasteiger partial charge on any atom is 0.248 e. The molecule has 0 bridgehead atoms. The Morgan fingerprint density at radius 1 is 0.955 bits per heavy atom. The summed E-state index contributed by atoms with van der Waals surface area (Å²) < 4.78 is 15.9. The van der Waals surface area contributed by atoms with Gasteiger partial charge in [-0.05, 0) is 13.8 Å². The predicted molar refractivity (Wildman–Crippen MR) is 84.8 cm³/mol. The van der Waals surface area contributed by atoms with Crippen molar-refractivity contribution in [3.8, 4) is 0 Å². The Morgan fingerprint density at radius 3 is 2.05 bits per heavy atom. The summed E-state index contributed by atoms with van der Waals surface area (Å²) in [4.78, 5) is 16.2. The summed E-state index contributed by atoms with van der Waals surface area (Å²) in [5.41, 5.74) is 5.30. The second-order valence-electron chi connectivity index (χ2n) is 5.58. The molecule has 1 amide bonds. The number of carbonyl (C=O) groups excluding carboxylic acids is 1. The number of rotatable bonds is 11. The highest BCUT2D eigenvalue weighted by Crippen LogP contribution is 2.06. The van der Waals surface area contributed by atoms with Crippen LogP contribution in [0.15, 0.2) is 0 Å². The van der Waals surface area contributed by atoms with Gasteiger partial charge in [-0.2, -0.15) is 0 Å². The molecule has 0 aromatic rings. The Morgan fingerprint density at radius 2 is 1.50 bits per heavy atom. The number of hydrogen-bond acceptors (Lipinski definition) is 6. The average molecular weight is 317 g/mol. The molecule has 2 N–H and O–H groups in total. The van der Waals surface area contributed by atoms with Crippen molar-refractivity contribution in [2.45, 2.75) is 19.9 Å². The third kappa shape index (κ3) is 8.05. The maximum atomic E-state index is 12.0. The van der Waals surface area contributed by atoms with Crippen molar-refractivity contribution >= 4 is 5.91 Å². The first-order valence-electron chi connectivity index (χ1n) is 8.10. The highest BCUT2D eigenvalue weighted by molar-refractivity contribution is 5.77. The number of piperazine rings is 1. The fraction of sp³-hybridized carbons (Fsp3) is 0.933. The summed E-state index contributed by atoms with van der Waals surface area (Å²) in [6, 6.07) is 0.541. The molecule has 1 saturated heterocycles. The molecule has 0 radical (unpaired) electrons. The van der Waals surface area contributed by atoms with Gasteiger partial charge in [0, 0.05) is 38.8 Å². The molecular weight excluding hydrogens is 286 g/mol. The summed E-state index contributed by atoms with van der Waals surface area (Å²) in [6.07, 6.45) is 0. The van der Waals surface area contributed by atoms with E-state index in [2.05, 4.69) is 18.7 Å². The molecule has 0 saturated carbocycles. The number of ether oxygens (including phenoxy) is 3. The lowest BCUT2D eigenvalue weighted by Gasteiger charge is -2.36. The monoisotopic (exact) mass is 317 g/mol. The molecule has 1 fully saturated rings. The van der Waals surface area contributed by atoms with Crippen molar-refractivity contribution < 1.29 is 19.0 Å². The molecule has 7 nitrogen and oxygen atoms in total. The predicted octanol–water partition coefficient (Wildman–Crippen LogP) is -0.452. The molecule has 1 aliphatic rings. The highest BCUT2D eigenvalue weighted by atomic mass is 16.5. The van der Waals surface area contributed by atoms with Crippen molar-refractivity contribution in [1.82, 2.24) is 9.80 Å². The van der Waals surface area contributed by atoms with E-state index in [1.165, 1.54) is 0 Å². The molecule has 22 heavy (non-hydrogen) atoms. The lowest BCUT2D eigenvalue weighted by molar-refractivity contribution is -0.138. The van der Waals surface area contributed by atoms with E-state index in [0.717, 1.165) is 26.2 Å². The Bertz CT molecular complexity index is 295. The third-order valence-corrected chi connectivity index (χ3v) is 3.63. The van der Waals surface area contributed by atoms with E-state index in [4.69, 9.17) is 19.9 Å². The number of amides is 1. The molecule has 7 heteroatoms. The van der Waals surface area contributed by atoms with Crippen LogP contribution in [0.4, 0.5) is 0 Å². The first kappa shape index (κ1) is 19.3. The van der Waals surface area contributed by atoms with Gasteiger partial charge in [0.05, 0.1) is 33.0 Å².